The first-order valence-electron chi connectivity index (χ1n) is 6.00. The van der Waals surface area contributed by atoms with E-state index in [2.05, 4.69) is 0 Å². The molecule has 4 nitrogen and oxygen atoms in total. The van der Waals surface area contributed by atoms with Gasteiger partial charge in [0.25, 0.3) is 5.91 Å². The molecule has 92 valence electrons. The fourth-order valence-corrected chi connectivity index (χ4v) is 2.57. The first kappa shape index (κ1) is 11.1. The van der Waals surface area contributed by atoms with Gasteiger partial charge >= 0.3 is 0 Å². The van der Waals surface area contributed by atoms with Crippen molar-refractivity contribution in [3.63, 3.8) is 0 Å². The molecule has 1 aromatic rings. The molecule has 1 N–H and O–H groups in total. The highest BCUT2D eigenvalue weighted by Gasteiger charge is 2.31. The zero-order valence-corrected chi connectivity index (χ0v) is 10.2. The third-order valence-electron chi connectivity index (χ3n) is 3.43. The van der Waals surface area contributed by atoms with Crippen LogP contribution in [-0.2, 0) is 0 Å². The van der Waals surface area contributed by atoms with Crippen LogP contribution in [0.4, 0.5) is 0 Å². The average molecular weight is 255 g/mol. The minimum atomic E-state index is -0.376. The molecule has 17 heavy (non-hydrogen) atoms. The monoisotopic (exact) mass is 254 g/mol. The van der Waals surface area contributed by atoms with Crippen LogP contribution in [0.3, 0.4) is 0 Å². The van der Waals surface area contributed by atoms with Gasteiger partial charge in [0, 0.05) is 25.3 Å². The van der Waals surface area contributed by atoms with Gasteiger partial charge in [0.05, 0.1) is 11.1 Å². The summed E-state index contributed by atoms with van der Waals surface area (Å²) in [5, 5.41) is 10.1. The van der Waals surface area contributed by atoms with Crippen molar-refractivity contribution in [2.75, 3.05) is 13.1 Å². The maximum atomic E-state index is 12.3. The van der Waals surface area contributed by atoms with Crippen LogP contribution < -0.4 is 0 Å². The predicted molar refractivity (Wildman–Crippen MR) is 64.2 cm³/mol. The number of aromatic nitrogens is 1. The van der Waals surface area contributed by atoms with E-state index in [1.54, 1.807) is 11.0 Å². The van der Waals surface area contributed by atoms with Crippen molar-refractivity contribution in [3.8, 4) is 0 Å². The fourth-order valence-electron chi connectivity index (χ4n) is 2.36. The van der Waals surface area contributed by atoms with Crippen molar-refractivity contribution in [2.45, 2.75) is 31.4 Å². The standard InChI is InChI=1S/C12H15ClN2O2/c13-8-5-11(15(6-8)9-1-2-9)12(17)14-4-3-10(16)7-14/h5-6,9-10,16H,1-4,7H2/t10-/m1/s1. The van der Waals surface area contributed by atoms with E-state index in [4.69, 9.17) is 11.6 Å². The second-order valence-electron chi connectivity index (χ2n) is 4.88. The molecule has 1 aliphatic heterocycles. The summed E-state index contributed by atoms with van der Waals surface area (Å²) in [5.41, 5.74) is 0.659. The van der Waals surface area contributed by atoms with E-state index in [-0.39, 0.29) is 12.0 Å². The molecule has 5 heteroatoms. The van der Waals surface area contributed by atoms with Gasteiger partial charge in [0.15, 0.2) is 0 Å². The quantitative estimate of drug-likeness (QED) is 0.873. The van der Waals surface area contributed by atoms with Crippen molar-refractivity contribution >= 4 is 17.5 Å². The highest BCUT2D eigenvalue weighted by atomic mass is 35.5. The molecule has 1 aromatic heterocycles. The lowest BCUT2D eigenvalue weighted by atomic mass is 10.3. The Balaban J connectivity index is 1.85. The first-order chi connectivity index (χ1) is 8.15. The number of hydrogen-bond acceptors (Lipinski definition) is 2. The molecule has 2 heterocycles. The Morgan fingerprint density at radius 3 is 2.76 bits per heavy atom. The van der Waals surface area contributed by atoms with Gasteiger partial charge in [-0.25, -0.2) is 0 Å². The van der Waals surface area contributed by atoms with Crippen LogP contribution in [0.5, 0.6) is 0 Å². The minimum Gasteiger partial charge on any atom is -0.391 e. The normalized spacial score (nSPS) is 24.4. The number of halogens is 1. The van der Waals surface area contributed by atoms with Crippen LogP contribution in [0.2, 0.25) is 5.02 Å². The van der Waals surface area contributed by atoms with Gasteiger partial charge in [-0.2, -0.15) is 0 Å². The molecular formula is C12H15ClN2O2. The molecule has 0 bridgehead atoms. The Morgan fingerprint density at radius 1 is 1.41 bits per heavy atom. The highest BCUT2D eigenvalue weighted by Crippen LogP contribution is 2.37. The molecule has 1 amide bonds. The summed E-state index contributed by atoms with van der Waals surface area (Å²) in [6.45, 7) is 1.07. The van der Waals surface area contributed by atoms with E-state index in [1.807, 2.05) is 10.8 Å². The lowest BCUT2D eigenvalue weighted by Crippen LogP contribution is -2.31. The number of β-amino-alcohol motifs (C(OH)–C–C–N with tert-alkyl or cyclic N) is 1. The Labute approximate surface area is 105 Å². The zero-order chi connectivity index (χ0) is 12.0. The molecule has 3 rings (SSSR count). The molecule has 0 spiro atoms. The molecule has 1 atom stereocenters. The van der Waals surface area contributed by atoms with Crippen LogP contribution in [0, 0.1) is 0 Å². The van der Waals surface area contributed by atoms with E-state index in [0.717, 1.165) is 12.8 Å². The molecule has 2 aliphatic rings. The third kappa shape index (κ3) is 2.07. The molecule has 1 saturated heterocycles. The van der Waals surface area contributed by atoms with Gasteiger partial charge in [0.1, 0.15) is 5.69 Å². The van der Waals surface area contributed by atoms with E-state index in [9.17, 15) is 9.90 Å². The first-order valence-corrected chi connectivity index (χ1v) is 6.37. The van der Waals surface area contributed by atoms with Crippen LogP contribution in [0.1, 0.15) is 35.8 Å². The molecule has 2 fully saturated rings. The summed E-state index contributed by atoms with van der Waals surface area (Å²) in [5.74, 6) is -0.0136. The van der Waals surface area contributed by atoms with Crippen LogP contribution >= 0.6 is 11.6 Å². The molecular weight excluding hydrogens is 240 g/mol. The maximum absolute atomic E-state index is 12.3. The van der Waals surface area contributed by atoms with Crippen molar-refractivity contribution in [1.29, 1.82) is 0 Å². The van der Waals surface area contributed by atoms with Gasteiger partial charge in [-0.1, -0.05) is 11.6 Å². The smallest absolute Gasteiger partial charge is 0.270 e. The average Bonchev–Trinajstić information content (AvgIpc) is 2.94. The van der Waals surface area contributed by atoms with Crippen LogP contribution in [0.15, 0.2) is 12.3 Å². The number of carbonyl (C=O) groups is 1. The lowest BCUT2D eigenvalue weighted by Gasteiger charge is -2.16. The summed E-state index contributed by atoms with van der Waals surface area (Å²) >= 11 is 5.98. The number of hydrogen-bond donors (Lipinski definition) is 1. The molecule has 0 aromatic carbocycles. The number of rotatable bonds is 2. The molecule has 1 saturated carbocycles. The van der Waals surface area contributed by atoms with E-state index in [1.165, 1.54) is 0 Å². The largest absolute Gasteiger partial charge is 0.391 e. The van der Waals surface area contributed by atoms with Gasteiger partial charge < -0.3 is 14.6 Å². The second kappa shape index (κ2) is 4.03. The van der Waals surface area contributed by atoms with E-state index in [0.29, 0.717) is 36.3 Å². The number of amides is 1. The van der Waals surface area contributed by atoms with E-state index < -0.39 is 0 Å². The molecule has 0 radical (unpaired) electrons. The van der Waals surface area contributed by atoms with Crippen molar-refractivity contribution in [1.82, 2.24) is 9.47 Å². The van der Waals surface area contributed by atoms with Crippen molar-refractivity contribution < 1.29 is 9.90 Å². The Hall–Kier alpha value is -1.00. The molecule has 0 unspecified atom stereocenters. The molecule has 1 aliphatic carbocycles. The summed E-state index contributed by atoms with van der Waals surface area (Å²) in [6.07, 6.45) is 4.36. The zero-order valence-electron chi connectivity index (χ0n) is 9.47. The van der Waals surface area contributed by atoms with Crippen molar-refractivity contribution in [2.24, 2.45) is 0 Å². The minimum absolute atomic E-state index is 0.0136. The van der Waals surface area contributed by atoms with Crippen LogP contribution in [-0.4, -0.2) is 39.7 Å². The predicted octanol–water partition coefficient (Wildman–Crippen LogP) is 1.68. The number of aliphatic hydroxyl groups is 1. The SMILES string of the molecule is O=C(c1cc(Cl)cn1C1CC1)N1CC[C@@H](O)C1. The number of nitrogens with zero attached hydrogens (tertiary/aromatic N) is 2. The Bertz CT molecular complexity index is 453. The third-order valence-corrected chi connectivity index (χ3v) is 3.63. The lowest BCUT2D eigenvalue weighted by molar-refractivity contribution is 0.0754. The summed E-state index contributed by atoms with van der Waals surface area (Å²) in [4.78, 5) is 14.0. The van der Waals surface area contributed by atoms with Gasteiger partial charge in [-0.15, -0.1) is 0 Å². The second-order valence-corrected chi connectivity index (χ2v) is 5.31. The highest BCUT2D eigenvalue weighted by molar-refractivity contribution is 6.31. The summed E-state index contributed by atoms with van der Waals surface area (Å²) in [7, 11) is 0. The fraction of sp³-hybridized carbons (Fsp3) is 0.583. The summed E-state index contributed by atoms with van der Waals surface area (Å²) < 4.78 is 1.98. The maximum Gasteiger partial charge on any atom is 0.270 e. The van der Waals surface area contributed by atoms with Crippen molar-refractivity contribution in [3.05, 3.63) is 23.0 Å². The summed E-state index contributed by atoms with van der Waals surface area (Å²) in [6, 6.07) is 2.17. The van der Waals surface area contributed by atoms with Gasteiger partial charge in [-0.3, -0.25) is 4.79 Å². The number of aliphatic hydroxyl groups excluding tert-OH is 1. The number of carbonyl (C=O) groups excluding carboxylic acids is 1. The van der Waals surface area contributed by atoms with Crippen LogP contribution in [0.25, 0.3) is 0 Å². The van der Waals surface area contributed by atoms with Gasteiger partial charge in [-0.05, 0) is 25.3 Å². The van der Waals surface area contributed by atoms with E-state index >= 15 is 0 Å². The van der Waals surface area contributed by atoms with Gasteiger partial charge in [0.2, 0.25) is 0 Å². The Kier molecular flexibility index (Phi) is 2.64. The topological polar surface area (TPSA) is 45.5 Å². The Morgan fingerprint density at radius 2 is 2.18 bits per heavy atom. The number of likely N-dealkylation sites (tertiary alicyclic amines) is 1.